The predicted octanol–water partition coefficient (Wildman–Crippen LogP) is 3.65. The molecule has 0 bridgehead atoms. The summed E-state index contributed by atoms with van der Waals surface area (Å²) in [5, 5.41) is 2.97. The molecule has 2 aromatic rings. The summed E-state index contributed by atoms with van der Waals surface area (Å²) >= 11 is 0. The first-order chi connectivity index (χ1) is 17.6. The van der Waals surface area contributed by atoms with Gasteiger partial charge in [-0.25, -0.2) is 4.31 Å². The number of hydrogen-bond acceptors (Lipinski definition) is 5. The molecule has 0 aliphatic carbocycles. The molecule has 0 spiro atoms. The first-order valence-corrected chi connectivity index (χ1v) is 14.0. The molecular formula is C28H42N4O5S. The van der Waals surface area contributed by atoms with E-state index in [4.69, 9.17) is 4.74 Å². The molecule has 0 aliphatic rings. The maximum atomic E-state index is 14.0. The molecule has 10 heteroatoms. The Hall–Kier alpha value is -3.11. The minimum atomic E-state index is -4.03. The molecule has 0 saturated carbocycles. The lowest BCUT2D eigenvalue weighted by atomic mass is 10.1. The molecule has 0 aromatic heterocycles. The van der Waals surface area contributed by atoms with Gasteiger partial charge in [-0.05, 0) is 75.9 Å². The van der Waals surface area contributed by atoms with E-state index in [1.807, 2.05) is 58.9 Å². The normalized spacial score (nSPS) is 12.7. The summed E-state index contributed by atoms with van der Waals surface area (Å²) in [5.41, 5.74) is 2.25. The van der Waals surface area contributed by atoms with Gasteiger partial charge in [-0.3, -0.25) is 9.59 Å². The van der Waals surface area contributed by atoms with Crippen molar-refractivity contribution in [2.75, 3.05) is 32.1 Å². The predicted molar refractivity (Wildman–Crippen MR) is 151 cm³/mol. The maximum Gasteiger partial charge on any atom is 0.304 e. The highest BCUT2D eigenvalue weighted by Crippen LogP contribution is 2.26. The average molecular weight is 547 g/mol. The van der Waals surface area contributed by atoms with E-state index in [9.17, 15) is 18.0 Å². The van der Waals surface area contributed by atoms with Crippen LogP contribution >= 0.6 is 0 Å². The number of amides is 2. The second-order valence-electron chi connectivity index (χ2n) is 10.6. The van der Waals surface area contributed by atoms with Crippen molar-refractivity contribution in [3.8, 4) is 5.75 Å². The van der Waals surface area contributed by atoms with E-state index in [1.165, 1.54) is 19.0 Å². The number of aryl methyl sites for hydroxylation is 2. The summed E-state index contributed by atoms with van der Waals surface area (Å²) in [4.78, 5) is 28.8. The van der Waals surface area contributed by atoms with Crippen LogP contribution < -0.4 is 14.4 Å². The van der Waals surface area contributed by atoms with E-state index < -0.39 is 34.2 Å². The Labute approximate surface area is 227 Å². The SMILES string of the molecule is CCC(C(=O)NC(C)(C)C)N(Cc1cccc(OC)c1)C(=O)CN(c1cc(C)ccc1C)S(=O)(=O)N(C)C. The zero-order valence-electron chi connectivity index (χ0n) is 24.0. The quantitative estimate of drug-likeness (QED) is 0.464. The fourth-order valence-electron chi connectivity index (χ4n) is 4.03. The molecule has 9 nitrogen and oxygen atoms in total. The van der Waals surface area contributed by atoms with Gasteiger partial charge in [0.1, 0.15) is 18.3 Å². The van der Waals surface area contributed by atoms with Crippen molar-refractivity contribution >= 4 is 27.7 Å². The average Bonchev–Trinajstić information content (AvgIpc) is 2.82. The minimum Gasteiger partial charge on any atom is -0.497 e. The van der Waals surface area contributed by atoms with Crippen LogP contribution in [0.1, 0.15) is 50.8 Å². The van der Waals surface area contributed by atoms with Crippen LogP contribution in [0, 0.1) is 13.8 Å². The number of methoxy groups -OCH3 is 1. The summed E-state index contributed by atoms with van der Waals surface area (Å²) in [6, 6.07) is 11.9. The third kappa shape index (κ3) is 7.94. The first-order valence-electron chi connectivity index (χ1n) is 12.6. The smallest absolute Gasteiger partial charge is 0.304 e. The number of carbonyl (C=O) groups excluding carboxylic acids is 2. The molecule has 1 atom stereocenters. The largest absolute Gasteiger partial charge is 0.497 e. The van der Waals surface area contributed by atoms with Crippen molar-refractivity contribution in [2.24, 2.45) is 0 Å². The Morgan fingerprint density at radius 3 is 2.26 bits per heavy atom. The zero-order valence-corrected chi connectivity index (χ0v) is 24.8. The molecule has 38 heavy (non-hydrogen) atoms. The summed E-state index contributed by atoms with van der Waals surface area (Å²) in [7, 11) is 0.387. The molecule has 0 radical (unpaired) electrons. The van der Waals surface area contributed by atoms with Crippen molar-refractivity contribution in [1.82, 2.24) is 14.5 Å². The topological polar surface area (TPSA) is 99.3 Å². The Balaban J connectivity index is 2.59. The molecule has 0 saturated heterocycles. The summed E-state index contributed by atoms with van der Waals surface area (Å²) < 4.78 is 34.4. The van der Waals surface area contributed by atoms with E-state index in [2.05, 4.69) is 5.32 Å². The van der Waals surface area contributed by atoms with Crippen LogP contribution in [0.15, 0.2) is 42.5 Å². The van der Waals surface area contributed by atoms with Gasteiger partial charge in [0.05, 0.1) is 12.8 Å². The number of anilines is 1. The molecule has 1 unspecified atom stereocenters. The number of benzene rings is 2. The van der Waals surface area contributed by atoms with E-state index in [1.54, 1.807) is 32.2 Å². The zero-order chi connectivity index (χ0) is 28.8. The van der Waals surface area contributed by atoms with E-state index in [0.29, 0.717) is 23.4 Å². The molecular weight excluding hydrogens is 504 g/mol. The Bertz CT molecular complexity index is 1240. The third-order valence-electron chi connectivity index (χ3n) is 6.02. The highest BCUT2D eigenvalue weighted by molar-refractivity contribution is 7.90. The highest BCUT2D eigenvalue weighted by Gasteiger charge is 2.35. The van der Waals surface area contributed by atoms with Crippen molar-refractivity contribution in [3.05, 3.63) is 59.2 Å². The highest BCUT2D eigenvalue weighted by atomic mass is 32.2. The lowest BCUT2D eigenvalue weighted by Gasteiger charge is -2.35. The number of hydrogen-bond donors (Lipinski definition) is 1. The Morgan fingerprint density at radius 1 is 1.05 bits per heavy atom. The fraction of sp³-hybridized carbons (Fsp3) is 0.500. The van der Waals surface area contributed by atoms with Gasteiger partial charge in [-0.15, -0.1) is 0 Å². The van der Waals surface area contributed by atoms with Gasteiger partial charge in [0.15, 0.2) is 0 Å². The van der Waals surface area contributed by atoms with Gasteiger partial charge in [-0.2, -0.15) is 12.7 Å². The van der Waals surface area contributed by atoms with Crippen LogP contribution in [-0.4, -0.2) is 68.8 Å². The number of nitrogens with zero attached hydrogens (tertiary/aromatic N) is 3. The van der Waals surface area contributed by atoms with Crippen molar-refractivity contribution in [2.45, 2.75) is 66.1 Å². The van der Waals surface area contributed by atoms with E-state index >= 15 is 0 Å². The first kappa shape index (κ1) is 31.1. The number of rotatable bonds is 11. The molecule has 2 aromatic carbocycles. The fourth-order valence-corrected chi connectivity index (χ4v) is 5.14. The van der Waals surface area contributed by atoms with Crippen molar-refractivity contribution < 1.29 is 22.7 Å². The van der Waals surface area contributed by atoms with Crippen LogP contribution in [0.25, 0.3) is 0 Å². The van der Waals surface area contributed by atoms with Crippen LogP contribution in [0.3, 0.4) is 0 Å². The number of ether oxygens (including phenoxy) is 1. The molecule has 2 amide bonds. The van der Waals surface area contributed by atoms with E-state index in [0.717, 1.165) is 19.7 Å². The van der Waals surface area contributed by atoms with Gasteiger partial charge < -0.3 is 15.0 Å². The van der Waals surface area contributed by atoms with Gasteiger partial charge in [0.2, 0.25) is 11.8 Å². The van der Waals surface area contributed by atoms with Crippen molar-refractivity contribution in [3.63, 3.8) is 0 Å². The summed E-state index contributed by atoms with van der Waals surface area (Å²) in [6.45, 7) is 10.8. The lowest BCUT2D eigenvalue weighted by molar-refractivity contribution is -0.141. The lowest BCUT2D eigenvalue weighted by Crippen LogP contribution is -2.55. The molecule has 210 valence electrons. The van der Waals surface area contributed by atoms with Crippen molar-refractivity contribution in [1.29, 1.82) is 0 Å². The number of carbonyl (C=O) groups is 2. The molecule has 2 rings (SSSR count). The van der Waals surface area contributed by atoms with Gasteiger partial charge in [-0.1, -0.05) is 31.2 Å². The van der Waals surface area contributed by atoms with Gasteiger partial charge >= 0.3 is 10.2 Å². The molecule has 0 aliphatic heterocycles. The monoisotopic (exact) mass is 546 g/mol. The van der Waals surface area contributed by atoms with Crippen LogP contribution in [-0.2, 0) is 26.3 Å². The Morgan fingerprint density at radius 2 is 1.71 bits per heavy atom. The molecule has 1 N–H and O–H groups in total. The van der Waals surface area contributed by atoms with E-state index in [-0.39, 0.29) is 12.5 Å². The Kier molecular flexibility index (Phi) is 10.3. The second kappa shape index (κ2) is 12.6. The second-order valence-corrected chi connectivity index (χ2v) is 12.7. The van der Waals surface area contributed by atoms with Crippen LogP contribution in [0.4, 0.5) is 5.69 Å². The maximum absolute atomic E-state index is 14.0. The minimum absolute atomic E-state index is 0.106. The number of nitrogens with one attached hydrogen (secondary N) is 1. The van der Waals surface area contributed by atoms with Gasteiger partial charge in [0.25, 0.3) is 0 Å². The van der Waals surface area contributed by atoms with Crippen LogP contribution in [0.2, 0.25) is 0 Å². The van der Waals surface area contributed by atoms with Gasteiger partial charge in [0, 0.05) is 26.2 Å². The third-order valence-corrected chi connectivity index (χ3v) is 7.83. The molecule has 0 fully saturated rings. The molecule has 0 heterocycles. The summed E-state index contributed by atoms with van der Waals surface area (Å²) in [6.07, 6.45) is 0.349. The summed E-state index contributed by atoms with van der Waals surface area (Å²) in [5.74, 6) is -0.172. The van der Waals surface area contributed by atoms with Crippen LogP contribution in [0.5, 0.6) is 5.75 Å². The standard InChI is InChI=1S/C28H42N4O5S/c1-10-24(27(34)29-28(4,5)6)31(18-22-12-11-13-23(17-22)37-9)26(33)19-32(38(35,36)30(7)8)25-16-20(2)14-15-21(25)3/h11-17,24H,10,18-19H2,1-9H3,(H,29,34).